The van der Waals surface area contributed by atoms with Crippen molar-refractivity contribution in [1.29, 1.82) is 0 Å². The van der Waals surface area contributed by atoms with E-state index in [0.29, 0.717) is 5.01 Å². The van der Waals surface area contributed by atoms with Gasteiger partial charge in [-0.05, 0) is 6.92 Å². The van der Waals surface area contributed by atoms with Crippen molar-refractivity contribution in [2.75, 3.05) is 0 Å². The van der Waals surface area contributed by atoms with Crippen molar-refractivity contribution in [3.63, 3.8) is 0 Å². The van der Waals surface area contributed by atoms with Gasteiger partial charge in [-0.15, -0.1) is 11.3 Å². The molecule has 0 N–H and O–H groups in total. The second-order valence-electron chi connectivity index (χ2n) is 3.86. The van der Waals surface area contributed by atoms with Crippen LogP contribution in [-0.2, 0) is 0 Å². The van der Waals surface area contributed by atoms with Crippen molar-refractivity contribution < 1.29 is 4.79 Å². The summed E-state index contributed by atoms with van der Waals surface area (Å²) in [4.78, 5) is 16.8. The molecule has 1 heterocycles. The number of ketones is 1. The number of aryl methyl sites for hydroxylation is 1. The molecule has 0 aliphatic heterocycles. The normalized spacial score (nSPS) is 11.7. The second-order valence-corrected chi connectivity index (χ2v) is 5.09. The minimum Gasteiger partial charge on any atom is -0.291 e. The fourth-order valence-electron chi connectivity index (χ4n) is 0.780. The van der Waals surface area contributed by atoms with Crippen molar-refractivity contribution in [2.24, 2.45) is 5.41 Å². The lowest BCUT2D eigenvalue weighted by Gasteiger charge is -2.13. The van der Waals surface area contributed by atoms with E-state index >= 15 is 0 Å². The van der Waals surface area contributed by atoms with E-state index < -0.39 is 0 Å². The van der Waals surface area contributed by atoms with Crippen LogP contribution in [0.15, 0.2) is 6.20 Å². The summed E-state index contributed by atoms with van der Waals surface area (Å²) in [5, 5.41) is 0.625. The number of Topliss-reactive ketones (excluding diaryl/α,β-unsaturated/α-hetero) is 1. The van der Waals surface area contributed by atoms with Gasteiger partial charge in [0.2, 0.25) is 0 Å². The molecule has 0 spiro atoms. The zero-order valence-corrected chi connectivity index (χ0v) is 8.66. The topological polar surface area (TPSA) is 30.0 Å². The van der Waals surface area contributed by atoms with Gasteiger partial charge in [0.1, 0.15) is 0 Å². The van der Waals surface area contributed by atoms with E-state index in [4.69, 9.17) is 0 Å². The first-order valence-electron chi connectivity index (χ1n) is 3.88. The highest BCUT2D eigenvalue weighted by Gasteiger charge is 2.25. The molecule has 0 unspecified atom stereocenters. The quantitative estimate of drug-likeness (QED) is 0.626. The first-order chi connectivity index (χ1) is 5.41. The Morgan fingerprint density at radius 3 is 2.42 bits per heavy atom. The summed E-state index contributed by atoms with van der Waals surface area (Å²) in [6.07, 6.45) is 1.74. The lowest BCUT2D eigenvalue weighted by Crippen LogP contribution is -2.19. The monoisotopic (exact) mass is 183 g/mol. The summed E-state index contributed by atoms with van der Waals surface area (Å²) in [5.41, 5.74) is -0.315. The predicted octanol–water partition coefficient (Wildman–Crippen LogP) is 2.68. The Hall–Kier alpha value is -0.700. The summed E-state index contributed by atoms with van der Waals surface area (Å²) in [5.74, 6) is 0.126. The summed E-state index contributed by atoms with van der Waals surface area (Å²) in [6.45, 7) is 7.68. The van der Waals surface area contributed by atoms with Gasteiger partial charge in [0.05, 0.1) is 0 Å². The zero-order valence-electron chi connectivity index (χ0n) is 7.84. The third-order valence-corrected chi connectivity index (χ3v) is 2.41. The van der Waals surface area contributed by atoms with E-state index in [2.05, 4.69) is 4.98 Å². The Labute approximate surface area is 76.6 Å². The smallest absolute Gasteiger partial charge is 0.196 e. The molecule has 0 atom stereocenters. The minimum absolute atomic E-state index is 0.126. The van der Waals surface area contributed by atoms with Gasteiger partial charge in [0, 0.05) is 16.5 Å². The van der Waals surface area contributed by atoms with E-state index in [9.17, 15) is 4.79 Å². The molecule has 0 aromatic carbocycles. The summed E-state index contributed by atoms with van der Waals surface area (Å²) in [6, 6.07) is 0. The third kappa shape index (κ3) is 1.91. The van der Waals surface area contributed by atoms with Gasteiger partial charge in [-0.1, -0.05) is 20.8 Å². The van der Waals surface area contributed by atoms with Gasteiger partial charge in [-0.25, -0.2) is 4.98 Å². The molecule has 2 nitrogen and oxygen atoms in total. The second kappa shape index (κ2) is 2.98. The number of hydrogen-bond acceptors (Lipinski definition) is 3. The highest BCUT2D eigenvalue weighted by atomic mass is 32.1. The van der Waals surface area contributed by atoms with Gasteiger partial charge < -0.3 is 0 Å². The molecule has 0 bridgehead atoms. The van der Waals surface area contributed by atoms with Crippen LogP contribution in [0.5, 0.6) is 0 Å². The Balaban J connectivity index is 2.93. The highest BCUT2D eigenvalue weighted by Crippen LogP contribution is 2.23. The van der Waals surface area contributed by atoms with Crippen LogP contribution in [0.4, 0.5) is 0 Å². The molecule has 0 saturated carbocycles. The fourth-order valence-corrected chi connectivity index (χ4v) is 1.70. The Kier molecular flexibility index (Phi) is 2.33. The van der Waals surface area contributed by atoms with E-state index in [1.807, 2.05) is 27.7 Å². The number of hydrogen-bond donors (Lipinski definition) is 0. The maximum Gasteiger partial charge on any atom is 0.196 e. The molecule has 0 fully saturated rings. The highest BCUT2D eigenvalue weighted by molar-refractivity contribution is 7.13. The van der Waals surface area contributed by atoms with E-state index in [0.717, 1.165) is 4.88 Å². The van der Waals surface area contributed by atoms with Crippen molar-refractivity contribution >= 4 is 17.1 Å². The molecular weight excluding hydrogens is 170 g/mol. The first kappa shape index (κ1) is 9.39. The summed E-state index contributed by atoms with van der Waals surface area (Å²) in [7, 11) is 0. The number of carbonyl (C=O) groups is 1. The molecule has 1 aromatic rings. The van der Waals surface area contributed by atoms with E-state index in [1.54, 1.807) is 6.20 Å². The molecular formula is C9H13NOS. The average Bonchev–Trinajstić information content (AvgIpc) is 2.32. The molecule has 0 aliphatic rings. The molecule has 1 rings (SSSR count). The van der Waals surface area contributed by atoms with Gasteiger partial charge in [-0.3, -0.25) is 4.79 Å². The molecule has 0 amide bonds. The van der Waals surface area contributed by atoms with Crippen LogP contribution in [0.3, 0.4) is 0 Å². The minimum atomic E-state index is -0.315. The lowest BCUT2D eigenvalue weighted by atomic mass is 9.91. The number of nitrogens with zero attached hydrogens (tertiary/aromatic N) is 1. The van der Waals surface area contributed by atoms with Crippen molar-refractivity contribution in [2.45, 2.75) is 27.7 Å². The van der Waals surface area contributed by atoms with Crippen LogP contribution in [0.25, 0.3) is 0 Å². The van der Waals surface area contributed by atoms with E-state index in [-0.39, 0.29) is 11.2 Å². The standard InChI is InChI=1S/C9H13NOS/c1-6-5-10-8(12-6)7(11)9(2,3)4/h5H,1-4H3. The zero-order chi connectivity index (χ0) is 9.35. The van der Waals surface area contributed by atoms with Crippen LogP contribution < -0.4 is 0 Å². The van der Waals surface area contributed by atoms with Crippen LogP contribution in [0.2, 0.25) is 0 Å². The van der Waals surface area contributed by atoms with Crippen molar-refractivity contribution in [3.8, 4) is 0 Å². The van der Waals surface area contributed by atoms with Gasteiger partial charge >= 0.3 is 0 Å². The molecule has 0 radical (unpaired) electrons. The van der Waals surface area contributed by atoms with E-state index in [1.165, 1.54) is 11.3 Å². The van der Waals surface area contributed by atoms with Gasteiger partial charge in [0.15, 0.2) is 10.8 Å². The Morgan fingerprint density at radius 1 is 1.50 bits per heavy atom. The average molecular weight is 183 g/mol. The SMILES string of the molecule is Cc1cnc(C(=O)C(C)(C)C)s1. The summed E-state index contributed by atoms with van der Waals surface area (Å²) < 4.78 is 0. The Bertz CT molecular complexity index is 296. The van der Waals surface area contributed by atoms with Crippen LogP contribution >= 0.6 is 11.3 Å². The van der Waals surface area contributed by atoms with Gasteiger partial charge in [0.25, 0.3) is 0 Å². The van der Waals surface area contributed by atoms with Crippen LogP contribution in [0, 0.1) is 12.3 Å². The van der Waals surface area contributed by atoms with Crippen molar-refractivity contribution in [1.82, 2.24) is 4.98 Å². The molecule has 66 valence electrons. The lowest BCUT2D eigenvalue weighted by molar-refractivity contribution is 0.0858. The number of thiazole rings is 1. The molecule has 0 aliphatic carbocycles. The maximum atomic E-state index is 11.6. The molecule has 1 aromatic heterocycles. The number of aromatic nitrogens is 1. The number of carbonyl (C=O) groups excluding carboxylic acids is 1. The predicted molar refractivity (Wildman–Crippen MR) is 50.6 cm³/mol. The maximum absolute atomic E-state index is 11.6. The van der Waals surface area contributed by atoms with Gasteiger partial charge in [-0.2, -0.15) is 0 Å². The molecule has 0 saturated heterocycles. The Morgan fingerprint density at radius 2 is 2.08 bits per heavy atom. The number of rotatable bonds is 1. The molecule has 12 heavy (non-hydrogen) atoms. The molecule has 3 heteroatoms. The largest absolute Gasteiger partial charge is 0.291 e. The van der Waals surface area contributed by atoms with Crippen LogP contribution in [-0.4, -0.2) is 10.8 Å². The third-order valence-electron chi connectivity index (χ3n) is 1.50. The fraction of sp³-hybridized carbons (Fsp3) is 0.556. The summed E-state index contributed by atoms with van der Waals surface area (Å²) >= 11 is 1.46. The first-order valence-corrected chi connectivity index (χ1v) is 4.70. The van der Waals surface area contributed by atoms with Crippen LogP contribution in [0.1, 0.15) is 35.5 Å². The van der Waals surface area contributed by atoms with Crippen molar-refractivity contribution in [3.05, 3.63) is 16.1 Å².